The molecule has 1 saturated carbocycles. The molecule has 0 bridgehead atoms. The van der Waals surface area contributed by atoms with Gasteiger partial charge < -0.3 is 20.4 Å². The fourth-order valence-corrected chi connectivity index (χ4v) is 3.29. The van der Waals surface area contributed by atoms with Crippen molar-refractivity contribution in [1.29, 1.82) is 0 Å². The van der Waals surface area contributed by atoms with Gasteiger partial charge in [0.05, 0.1) is 17.5 Å². The molecule has 28 heavy (non-hydrogen) atoms. The monoisotopic (exact) mass is 383 g/mol. The number of amides is 3. The van der Waals surface area contributed by atoms with E-state index in [-0.39, 0.29) is 23.3 Å². The van der Waals surface area contributed by atoms with Gasteiger partial charge in [0, 0.05) is 6.04 Å². The van der Waals surface area contributed by atoms with Gasteiger partial charge in [-0.2, -0.15) is 0 Å². The molecule has 1 aromatic heterocycles. The van der Waals surface area contributed by atoms with Crippen molar-refractivity contribution in [1.82, 2.24) is 10.6 Å². The van der Waals surface area contributed by atoms with Gasteiger partial charge in [-0.25, -0.2) is 0 Å². The smallest absolute Gasteiger partial charge is 0.291 e. The topological polar surface area (TPSA) is 100 Å². The van der Waals surface area contributed by atoms with Crippen molar-refractivity contribution >= 4 is 23.4 Å². The molecule has 148 valence electrons. The van der Waals surface area contributed by atoms with E-state index >= 15 is 0 Å². The van der Waals surface area contributed by atoms with Crippen molar-refractivity contribution in [2.45, 2.75) is 51.1 Å². The molecule has 2 aromatic rings. The lowest BCUT2D eigenvalue weighted by molar-refractivity contribution is -0.123. The third kappa shape index (κ3) is 5.00. The lowest BCUT2D eigenvalue weighted by Gasteiger charge is -2.24. The fraction of sp³-hybridized carbons (Fsp3) is 0.381. The number of para-hydroxylation sites is 1. The van der Waals surface area contributed by atoms with Gasteiger partial charge in [0.1, 0.15) is 6.04 Å². The standard InChI is InChI=1S/C21H25N3O4/c1-14(19(25)23-15-8-3-2-4-9-15)22-20(26)16-10-5-6-11-17(16)24-21(27)18-12-7-13-28-18/h5-7,10-15H,2-4,8-9H2,1H3,(H,22,26)(H,23,25)(H,24,27). The Morgan fingerprint density at radius 1 is 1.00 bits per heavy atom. The molecule has 7 heteroatoms. The van der Waals surface area contributed by atoms with Crippen LogP contribution in [0.1, 0.15) is 59.9 Å². The predicted molar refractivity (Wildman–Crippen MR) is 105 cm³/mol. The summed E-state index contributed by atoms with van der Waals surface area (Å²) >= 11 is 0. The zero-order chi connectivity index (χ0) is 19.9. The van der Waals surface area contributed by atoms with Gasteiger partial charge in [-0.15, -0.1) is 0 Å². The molecule has 3 amide bonds. The number of hydrogen-bond acceptors (Lipinski definition) is 4. The molecule has 1 aromatic carbocycles. The second-order valence-corrected chi connectivity index (χ2v) is 7.02. The first-order valence-corrected chi connectivity index (χ1v) is 9.59. The predicted octanol–water partition coefficient (Wildman–Crippen LogP) is 3.10. The van der Waals surface area contributed by atoms with Crippen LogP contribution >= 0.6 is 0 Å². The van der Waals surface area contributed by atoms with E-state index < -0.39 is 17.9 Å². The summed E-state index contributed by atoms with van der Waals surface area (Å²) in [6, 6.07) is 9.29. The molecule has 1 aliphatic carbocycles. The number of anilines is 1. The zero-order valence-electron chi connectivity index (χ0n) is 15.9. The fourth-order valence-electron chi connectivity index (χ4n) is 3.29. The van der Waals surface area contributed by atoms with E-state index in [1.165, 1.54) is 18.8 Å². The molecule has 0 saturated heterocycles. The zero-order valence-corrected chi connectivity index (χ0v) is 15.9. The normalized spacial score (nSPS) is 15.5. The van der Waals surface area contributed by atoms with Crippen molar-refractivity contribution in [3.05, 3.63) is 54.0 Å². The van der Waals surface area contributed by atoms with Gasteiger partial charge in [0.15, 0.2) is 5.76 Å². The van der Waals surface area contributed by atoms with Crippen molar-refractivity contribution < 1.29 is 18.8 Å². The Hall–Kier alpha value is -3.09. The maximum atomic E-state index is 12.7. The minimum atomic E-state index is -0.678. The highest BCUT2D eigenvalue weighted by molar-refractivity contribution is 6.08. The molecular weight excluding hydrogens is 358 g/mol. The summed E-state index contributed by atoms with van der Waals surface area (Å²) in [5.74, 6) is -0.928. The SMILES string of the molecule is CC(NC(=O)c1ccccc1NC(=O)c1ccco1)C(=O)NC1CCCCC1. The Bertz CT molecular complexity index is 826. The minimum Gasteiger partial charge on any atom is -0.459 e. The van der Waals surface area contributed by atoms with Gasteiger partial charge in [-0.3, -0.25) is 14.4 Å². The van der Waals surface area contributed by atoms with Gasteiger partial charge in [-0.05, 0) is 44.0 Å². The van der Waals surface area contributed by atoms with Gasteiger partial charge >= 0.3 is 0 Å². The van der Waals surface area contributed by atoms with Crippen LogP contribution in [0.2, 0.25) is 0 Å². The van der Waals surface area contributed by atoms with Crippen molar-refractivity contribution in [3.8, 4) is 0 Å². The number of benzene rings is 1. The lowest BCUT2D eigenvalue weighted by Crippen LogP contribution is -2.48. The molecule has 7 nitrogen and oxygen atoms in total. The molecule has 1 unspecified atom stereocenters. The molecule has 3 rings (SSSR count). The average Bonchev–Trinajstić information content (AvgIpc) is 3.24. The van der Waals surface area contributed by atoms with E-state index in [0.717, 1.165) is 25.7 Å². The molecule has 0 spiro atoms. The number of hydrogen-bond donors (Lipinski definition) is 3. The van der Waals surface area contributed by atoms with Crippen LogP contribution in [0.15, 0.2) is 47.1 Å². The Morgan fingerprint density at radius 3 is 2.46 bits per heavy atom. The Labute approximate surface area is 163 Å². The van der Waals surface area contributed by atoms with Crippen molar-refractivity contribution in [3.63, 3.8) is 0 Å². The van der Waals surface area contributed by atoms with Crippen molar-refractivity contribution in [2.75, 3.05) is 5.32 Å². The molecule has 0 aliphatic heterocycles. The molecule has 1 fully saturated rings. The van der Waals surface area contributed by atoms with Gasteiger partial charge in [-0.1, -0.05) is 31.4 Å². The average molecular weight is 383 g/mol. The second-order valence-electron chi connectivity index (χ2n) is 7.02. The maximum absolute atomic E-state index is 12.7. The van der Waals surface area contributed by atoms with Crippen LogP contribution in [0.3, 0.4) is 0 Å². The van der Waals surface area contributed by atoms with E-state index in [0.29, 0.717) is 5.69 Å². The first-order chi connectivity index (χ1) is 13.5. The first kappa shape index (κ1) is 19.7. The molecule has 3 N–H and O–H groups in total. The summed E-state index contributed by atoms with van der Waals surface area (Å²) in [6.45, 7) is 1.65. The van der Waals surface area contributed by atoms with E-state index in [1.807, 2.05) is 0 Å². The molecule has 1 heterocycles. The number of carbonyl (C=O) groups is 3. The summed E-state index contributed by atoms with van der Waals surface area (Å²) in [6.07, 6.45) is 6.81. The number of rotatable bonds is 6. The summed E-state index contributed by atoms with van der Waals surface area (Å²) in [5.41, 5.74) is 0.626. The van der Waals surface area contributed by atoms with Crippen LogP contribution in [0, 0.1) is 0 Å². The number of nitrogens with one attached hydrogen (secondary N) is 3. The minimum absolute atomic E-state index is 0.149. The highest BCUT2D eigenvalue weighted by Crippen LogP contribution is 2.18. The Morgan fingerprint density at radius 2 is 1.75 bits per heavy atom. The lowest BCUT2D eigenvalue weighted by atomic mass is 9.95. The summed E-state index contributed by atoms with van der Waals surface area (Å²) in [7, 11) is 0. The third-order valence-corrected chi connectivity index (χ3v) is 4.86. The largest absolute Gasteiger partial charge is 0.459 e. The van der Waals surface area contributed by atoms with E-state index in [9.17, 15) is 14.4 Å². The van der Waals surface area contributed by atoms with Gasteiger partial charge in [0.2, 0.25) is 5.91 Å². The van der Waals surface area contributed by atoms with Crippen LogP contribution in [0.5, 0.6) is 0 Å². The summed E-state index contributed by atoms with van der Waals surface area (Å²) in [5, 5.41) is 8.38. The first-order valence-electron chi connectivity index (χ1n) is 9.59. The second kappa shape index (κ2) is 9.21. The molecule has 0 radical (unpaired) electrons. The molecular formula is C21H25N3O4. The summed E-state index contributed by atoms with van der Waals surface area (Å²) < 4.78 is 5.07. The van der Waals surface area contributed by atoms with Crippen LogP contribution in [-0.2, 0) is 4.79 Å². The van der Waals surface area contributed by atoms with Crippen LogP contribution in [0.4, 0.5) is 5.69 Å². The molecule has 1 atom stereocenters. The maximum Gasteiger partial charge on any atom is 0.291 e. The molecule has 1 aliphatic rings. The van der Waals surface area contributed by atoms with Gasteiger partial charge in [0.25, 0.3) is 11.8 Å². The van der Waals surface area contributed by atoms with Crippen molar-refractivity contribution in [2.24, 2.45) is 0 Å². The highest BCUT2D eigenvalue weighted by atomic mass is 16.3. The number of furan rings is 1. The third-order valence-electron chi connectivity index (χ3n) is 4.86. The Balaban J connectivity index is 1.62. The summed E-state index contributed by atoms with van der Waals surface area (Å²) in [4.78, 5) is 37.3. The highest BCUT2D eigenvalue weighted by Gasteiger charge is 2.22. The van der Waals surface area contributed by atoms with Crippen LogP contribution < -0.4 is 16.0 Å². The van der Waals surface area contributed by atoms with E-state index in [1.54, 1.807) is 37.3 Å². The van der Waals surface area contributed by atoms with E-state index in [4.69, 9.17) is 4.42 Å². The van der Waals surface area contributed by atoms with Crippen LogP contribution in [0.25, 0.3) is 0 Å². The van der Waals surface area contributed by atoms with Crippen LogP contribution in [-0.4, -0.2) is 29.8 Å². The Kier molecular flexibility index (Phi) is 6.47. The van der Waals surface area contributed by atoms with E-state index in [2.05, 4.69) is 16.0 Å². The quantitative estimate of drug-likeness (QED) is 0.713. The number of carbonyl (C=O) groups excluding carboxylic acids is 3.